The van der Waals surface area contributed by atoms with E-state index in [2.05, 4.69) is 177 Å². The lowest BCUT2D eigenvalue weighted by molar-refractivity contribution is 0.351. The Labute approximate surface area is 295 Å². The van der Waals surface area contributed by atoms with Gasteiger partial charge in [0.05, 0.1) is 6.04 Å². The van der Waals surface area contributed by atoms with Crippen LogP contribution < -0.4 is 0 Å². The molecule has 1 heterocycles. The van der Waals surface area contributed by atoms with Gasteiger partial charge in [-0.2, -0.15) is 0 Å². The Morgan fingerprint density at radius 3 is 1.98 bits per heavy atom. The summed E-state index contributed by atoms with van der Waals surface area (Å²) in [6.07, 6.45) is 20.6. The van der Waals surface area contributed by atoms with Crippen LogP contribution in [-0.2, 0) is 0 Å². The summed E-state index contributed by atoms with van der Waals surface area (Å²) in [6.45, 7) is 4.64. The minimum Gasteiger partial charge on any atom is -0.335 e. The quantitative estimate of drug-likeness (QED) is 0.169. The van der Waals surface area contributed by atoms with Gasteiger partial charge in [-0.15, -0.1) is 0 Å². The molecule has 0 saturated carbocycles. The Hall–Kier alpha value is -5.05. The predicted octanol–water partition coefficient (Wildman–Crippen LogP) is 13.5. The monoisotopic (exact) mass is 651 g/mol. The van der Waals surface area contributed by atoms with Crippen LogP contribution in [-0.4, -0.2) is 4.90 Å². The number of hydrogen-bond donors (Lipinski definition) is 0. The number of allylic oxidation sites excluding steroid dienone is 6. The second kappa shape index (κ2) is 13.8. The number of fused-ring (bicyclic) bond motifs is 2. The van der Waals surface area contributed by atoms with Crippen LogP contribution in [0.15, 0.2) is 172 Å². The summed E-state index contributed by atoms with van der Waals surface area (Å²) >= 11 is 1.85. The van der Waals surface area contributed by atoms with Gasteiger partial charge in [-0.3, -0.25) is 0 Å². The van der Waals surface area contributed by atoms with Crippen LogP contribution in [0.4, 0.5) is 0 Å². The number of benzene rings is 5. The lowest BCUT2D eigenvalue weighted by Gasteiger charge is -2.36. The molecule has 0 spiro atoms. The van der Waals surface area contributed by atoms with Gasteiger partial charge in [-0.25, -0.2) is 0 Å². The van der Waals surface area contributed by atoms with Crippen LogP contribution in [0, 0.1) is 0 Å². The Kier molecular flexibility index (Phi) is 8.81. The average molecular weight is 652 g/mol. The third kappa shape index (κ3) is 6.54. The molecule has 0 amide bonds. The van der Waals surface area contributed by atoms with Gasteiger partial charge in [0.15, 0.2) is 0 Å². The summed E-state index contributed by atoms with van der Waals surface area (Å²) in [7, 11) is 0. The fourth-order valence-electron chi connectivity index (χ4n) is 7.22. The first-order valence-corrected chi connectivity index (χ1v) is 18.3. The molecule has 5 aromatic rings. The van der Waals surface area contributed by atoms with E-state index in [1.165, 1.54) is 76.8 Å². The molecular formula is C47H41NS. The van der Waals surface area contributed by atoms with Crippen LogP contribution in [0.2, 0.25) is 0 Å². The molecule has 0 N–H and O–H groups in total. The van der Waals surface area contributed by atoms with Crippen LogP contribution in [0.5, 0.6) is 0 Å². The molecule has 49 heavy (non-hydrogen) atoms. The average Bonchev–Trinajstić information content (AvgIpc) is 3.35. The normalized spacial score (nSPS) is 15.7. The molecule has 5 aromatic carbocycles. The van der Waals surface area contributed by atoms with Crippen molar-refractivity contribution in [2.45, 2.75) is 55.4 Å². The van der Waals surface area contributed by atoms with Gasteiger partial charge in [-0.05, 0) is 138 Å². The van der Waals surface area contributed by atoms with E-state index in [0.29, 0.717) is 0 Å². The zero-order valence-corrected chi connectivity index (χ0v) is 29.1. The van der Waals surface area contributed by atoms with E-state index in [4.69, 9.17) is 0 Å². The van der Waals surface area contributed by atoms with Crippen molar-refractivity contribution in [2.24, 2.45) is 0 Å². The van der Waals surface area contributed by atoms with Crippen LogP contribution in [0.3, 0.4) is 0 Å². The summed E-state index contributed by atoms with van der Waals surface area (Å²) in [6, 6.07) is 42.8. The van der Waals surface area contributed by atoms with E-state index in [0.717, 1.165) is 25.7 Å². The number of rotatable bonds is 7. The number of hydrogen-bond acceptors (Lipinski definition) is 2. The standard InChI is InChI=1S/C47H41NS/c1-33-12-6-8-20-45(33)48(44-18-4-3-5-19-44)34(2)38-14-10-16-40(30-38)41-17-11-15-39(31-41)35-22-24-36(25-23-35)42-28-29-47-43(32-42)27-26-37-13-7-9-21-46(37)49-47/h4,7-11,13-32,34H,3,5-6,12H2,1-2H3. The first-order valence-electron chi connectivity index (χ1n) is 17.5. The molecule has 240 valence electrons. The van der Waals surface area contributed by atoms with Crippen LogP contribution in [0.25, 0.3) is 45.5 Å². The minimum atomic E-state index is 0.203. The van der Waals surface area contributed by atoms with E-state index in [9.17, 15) is 0 Å². The Bertz CT molecular complexity index is 2170. The van der Waals surface area contributed by atoms with Crippen molar-refractivity contribution >= 4 is 23.9 Å². The van der Waals surface area contributed by atoms with Gasteiger partial charge in [0.2, 0.25) is 0 Å². The fraction of sp³-hybridized carbons (Fsp3) is 0.149. The fourth-order valence-corrected chi connectivity index (χ4v) is 8.24. The van der Waals surface area contributed by atoms with Gasteiger partial charge >= 0.3 is 0 Å². The summed E-state index contributed by atoms with van der Waals surface area (Å²) in [5.41, 5.74) is 15.4. The van der Waals surface area contributed by atoms with Crippen molar-refractivity contribution in [3.8, 4) is 33.4 Å². The van der Waals surface area contributed by atoms with Gasteiger partial charge in [-0.1, -0.05) is 127 Å². The van der Waals surface area contributed by atoms with Crippen molar-refractivity contribution in [1.29, 1.82) is 0 Å². The van der Waals surface area contributed by atoms with E-state index < -0.39 is 0 Å². The SMILES string of the molecule is CC1=C(N(C2=CCCC=C2)C(C)c2cccc(-c3cccc(-c4ccc(-c5ccc6c(c5)C=Cc5ccccc5S6)cc4)c3)c2)C=CCC1. The summed E-state index contributed by atoms with van der Waals surface area (Å²) in [5, 5.41) is 0. The zero-order valence-electron chi connectivity index (χ0n) is 28.3. The van der Waals surface area contributed by atoms with Gasteiger partial charge in [0.25, 0.3) is 0 Å². The highest BCUT2D eigenvalue weighted by molar-refractivity contribution is 7.99. The smallest absolute Gasteiger partial charge is 0.0563 e. The molecule has 8 rings (SSSR count). The van der Waals surface area contributed by atoms with Gasteiger partial charge < -0.3 is 4.90 Å². The van der Waals surface area contributed by atoms with Crippen molar-refractivity contribution in [1.82, 2.24) is 4.90 Å². The third-order valence-corrected chi connectivity index (χ3v) is 11.2. The molecule has 2 aliphatic carbocycles. The highest BCUT2D eigenvalue weighted by atomic mass is 32.2. The Balaban J connectivity index is 1.05. The Morgan fingerprint density at radius 1 is 0.551 bits per heavy atom. The van der Waals surface area contributed by atoms with Gasteiger partial charge in [0.1, 0.15) is 0 Å². The summed E-state index contributed by atoms with van der Waals surface area (Å²) in [5.74, 6) is 0. The first-order chi connectivity index (χ1) is 24.1. The van der Waals surface area contributed by atoms with E-state index >= 15 is 0 Å². The molecule has 0 saturated heterocycles. The maximum absolute atomic E-state index is 2.55. The second-order valence-corrected chi connectivity index (χ2v) is 14.4. The van der Waals surface area contributed by atoms with Crippen molar-refractivity contribution in [3.05, 3.63) is 179 Å². The van der Waals surface area contributed by atoms with Crippen molar-refractivity contribution < 1.29 is 0 Å². The van der Waals surface area contributed by atoms with E-state index in [1.807, 2.05) is 11.8 Å². The Morgan fingerprint density at radius 2 is 1.20 bits per heavy atom. The molecule has 0 fully saturated rings. The maximum atomic E-state index is 2.55. The minimum absolute atomic E-state index is 0.203. The van der Waals surface area contributed by atoms with Crippen LogP contribution >= 0.6 is 11.8 Å². The highest BCUT2D eigenvalue weighted by Gasteiger charge is 2.23. The predicted molar refractivity (Wildman–Crippen MR) is 210 cm³/mol. The molecule has 1 aliphatic heterocycles. The topological polar surface area (TPSA) is 3.24 Å². The molecule has 2 heteroatoms. The molecule has 1 unspecified atom stereocenters. The molecule has 0 radical (unpaired) electrons. The molecule has 0 bridgehead atoms. The molecule has 3 aliphatic rings. The molecule has 0 aromatic heterocycles. The lowest BCUT2D eigenvalue weighted by Crippen LogP contribution is -2.26. The lowest BCUT2D eigenvalue weighted by atomic mass is 9.94. The van der Waals surface area contributed by atoms with Crippen molar-refractivity contribution in [3.63, 3.8) is 0 Å². The largest absolute Gasteiger partial charge is 0.335 e. The molecule has 1 nitrogen and oxygen atoms in total. The summed E-state index contributed by atoms with van der Waals surface area (Å²) < 4.78 is 0. The van der Waals surface area contributed by atoms with Crippen LogP contribution in [0.1, 0.15) is 62.3 Å². The number of nitrogens with zero attached hydrogens (tertiary/aromatic N) is 1. The van der Waals surface area contributed by atoms with E-state index in [-0.39, 0.29) is 6.04 Å². The van der Waals surface area contributed by atoms with Gasteiger partial charge in [0, 0.05) is 21.2 Å². The third-order valence-electron chi connectivity index (χ3n) is 10.0. The summed E-state index contributed by atoms with van der Waals surface area (Å²) in [4.78, 5) is 5.15. The molecular weight excluding hydrogens is 611 g/mol. The second-order valence-electron chi connectivity index (χ2n) is 13.3. The highest BCUT2D eigenvalue weighted by Crippen LogP contribution is 2.40. The zero-order chi connectivity index (χ0) is 33.2. The first kappa shape index (κ1) is 31.2. The molecule has 1 atom stereocenters. The maximum Gasteiger partial charge on any atom is 0.0563 e. The van der Waals surface area contributed by atoms with Crippen molar-refractivity contribution in [2.75, 3.05) is 0 Å². The van der Waals surface area contributed by atoms with E-state index in [1.54, 1.807) is 0 Å².